The smallest absolute Gasteiger partial charge is 0.343 e. The molecule has 43 heavy (non-hydrogen) atoms. The van der Waals surface area contributed by atoms with Crippen LogP contribution in [0.3, 0.4) is 0 Å². The van der Waals surface area contributed by atoms with E-state index in [4.69, 9.17) is 27.9 Å². The third-order valence-electron chi connectivity index (χ3n) is 7.12. The first kappa shape index (κ1) is 29.6. The number of ether oxygens (including phenoxy) is 1. The summed E-state index contributed by atoms with van der Waals surface area (Å²) in [5, 5.41) is 12.6. The molecule has 3 aromatic rings. The Kier molecular flexibility index (Phi) is 8.38. The first-order chi connectivity index (χ1) is 20.5. The fourth-order valence-corrected chi connectivity index (χ4v) is 5.37. The number of Topliss-reactive ketones (excluding diaryl/α,β-unsaturated/α-hetero) is 1. The summed E-state index contributed by atoms with van der Waals surface area (Å²) < 4.78 is 5.29. The highest BCUT2D eigenvalue weighted by atomic mass is 35.5. The molecule has 0 saturated carbocycles. The van der Waals surface area contributed by atoms with Gasteiger partial charge >= 0.3 is 5.97 Å². The molecule has 1 aliphatic carbocycles. The van der Waals surface area contributed by atoms with E-state index in [2.05, 4.69) is 0 Å². The maximum atomic E-state index is 13.7. The number of hydrogen-bond acceptors (Lipinski definition) is 8. The predicted octanol–water partition coefficient (Wildman–Crippen LogP) is 5.31. The van der Waals surface area contributed by atoms with Crippen LogP contribution in [0.5, 0.6) is 5.75 Å². The number of amides is 3. The van der Waals surface area contributed by atoms with Crippen molar-refractivity contribution in [2.75, 3.05) is 6.54 Å². The van der Waals surface area contributed by atoms with Crippen LogP contribution in [0.4, 0.5) is 5.69 Å². The number of nitrogens with zero attached hydrogens (tertiary/aromatic N) is 3. The van der Waals surface area contributed by atoms with Crippen LogP contribution in [-0.4, -0.2) is 51.0 Å². The second-order valence-electron chi connectivity index (χ2n) is 9.77. The number of carbonyl (C=O) groups excluding carboxylic acids is 5. The topological polar surface area (TPSA) is 144 Å². The Bertz CT molecular complexity index is 1660. The van der Waals surface area contributed by atoms with Crippen molar-refractivity contribution < 1.29 is 33.6 Å². The first-order valence-electron chi connectivity index (χ1n) is 12.9. The van der Waals surface area contributed by atoms with Gasteiger partial charge in [-0.1, -0.05) is 35.4 Å². The van der Waals surface area contributed by atoms with E-state index in [0.29, 0.717) is 12.8 Å². The number of nitro benzene ring substituents is 1. The van der Waals surface area contributed by atoms with Crippen molar-refractivity contribution in [2.24, 2.45) is 11.8 Å². The van der Waals surface area contributed by atoms with Crippen LogP contribution >= 0.6 is 23.2 Å². The molecule has 0 spiro atoms. The van der Waals surface area contributed by atoms with Crippen molar-refractivity contribution >= 4 is 58.4 Å². The summed E-state index contributed by atoms with van der Waals surface area (Å²) in [6.45, 7) is -0.663. The average molecular weight is 622 g/mol. The minimum atomic E-state index is -0.836. The van der Waals surface area contributed by atoms with Gasteiger partial charge in [0, 0.05) is 22.7 Å². The van der Waals surface area contributed by atoms with E-state index in [1.807, 2.05) is 0 Å². The Balaban J connectivity index is 1.36. The van der Waals surface area contributed by atoms with Gasteiger partial charge in [-0.05, 0) is 67.4 Å². The van der Waals surface area contributed by atoms with Crippen LogP contribution in [0.2, 0.25) is 10.0 Å². The normalized spacial score (nSPS) is 17.4. The lowest BCUT2D eigenvalue weighted by Crippen LogP contribution is -2.52. The van der Waals surface area contributed by atoms with Gasteiger partial charge in [0.25, 0.3) is 23.4 Å². The Morgan fingerprint density at radius 3 is 2.02 bits per heavy atom. The van der Waals surface area contributed by atoms with Crippen molar-refractivity contribution in [1.82, 2.24) is 10.0 Å². The van der Waals surface area contributed by atoms with Gasteiger partial charge in [0.1, 0.15) is 12.3 Å². The number of benzene rings is 3. The molecule has 0 radical (unpaired) electrons. The largest absolute Gasteiger partial charge is 0.423 e. The summed E-state index contributed by atoms with van der Waals surface area (Å²) in [5.41, 5.74) is -0.0520. The molecule has 1 heterocycles. The lowest BCUT2D eigenvalue weighted by molar-refractivity contribution is -0.384. The van der Waals surface area contributed by atoms with Gasteiger partial charge in [-0.2, -0.15) is 5.01 Å². The third-order valence-corrected chi connectivity index (χ3v) is 7.66. The van der Waals surface area contributed by atoms with Crippen LogP contribution in [0, 0.1) is 22.0 Å². The molecule has 0 bridgehead atoms. The summed E-state index contributed by atoms with van der Waals surface area (Å²) in [4.78, 5) is 76.4. The molecule has 3 aromatic carbocycles. The van der Waals surface area contributed by atoms with Crippen molar-refractivity contribution in [1.29, 1.82) is 0 Å². The van der Waals surface area contributed by atoms with Gasteiger partial charge in [-0.15, -0.1) is 0 Å². The Hall–Kier alpha value is -4.87. The summed E-state index contributed by atoms with van der Waals surface area (Å²) in [6, 6.07) is 14.4. The van der Waals surface area contributed by atoms with E-state index < -0.39 is 52.8 Å². The van der Waals surface area contributed by atoms with Crippen molar-refractivity contribution in [2.45, 2.75) is 12.8 Å². The molecule has 0 N–H and O–H groups in total. The lowest BCUT2D eigenvalue weighted by Gasteiger charge is -2.30. The number of allylic oxidation sites excluding steroid dienone is 2. The molecule has 3 amide bonds. The number of halogens is 2. The molecule has 218 valence electrons. The van der Waals surface area contributed by atoms with Gasteiger partial charge in [-0.3, -0.25) is 29.3 Å². The summed E-state index contributed by atoms with van der Waals surface area (Å²) in [7, 11) is 0. The lowest BCUT2D eigenvalue weighted by atomic mass is 9.85. The summed E-state index contributed by atoms with van der Waals surface area (Å²) in [6.07, 6.45) is 4.28. The highest BCUT2D eigenvalue weighted by molar-refractivity contribution is 6.36. The van der Waals surface area contributed by atoms with Crippen molar-refractivity contribution in [3.63, 3.8) is 0 Å². The highest BCUT2D eigenvalue weighted by Crippen LogP contribution is 2.37. The van der Waals surface area contributed by atoms with E-state index in [9.17, 15) is 34.1 Å². The first-order valence-corrected chi connectivity index (χ1v) is 13.7. The summed E-state index contributed by atoms with van der Waals surface area (Å²) in [5.74, 6) is -4.59. The van der Waals surface area contributed by atoms with E-state index >= 15 is 0 Å². The summed E-state index contributed by atoms with van der Waals surface area (Å²) >= 11 is 12.2. The minimum absolute atomic E-state index is 0.0210. The van der Waals surface area contributed by atoms with Gasteiger partial charge < -0.3 is 4.74 Å². The monoisotopic (exact) mass is 621 g/mol. The number of esters is 1. The number of fused-ring (bicyclic) bond motifs is 1. The average Bonchev–Trinajstić information content (AvgIpc) is 3.25. The number of ketones is 1. The second-order valence-corrected chi connectivity index (χ2v) is 10.6. The molecule has 5 rings (SSSR count). The molecule has 0 unspecified atom stereocenters. The van der Waals surface area contributed by atoms with Gasteiger partial charge in [0.2, 0.25) is 0 Å². The number of hydrogen-bond donors (Lipinski definition) is 0. The number of nitro groups is 1. The molecule has 0 aromatic heterocycles. The molecule has 1 saturated heterocycles. The second kappa shape index (κ2) is 12.2. The molecule has 1 fully saturated rings. The maximum absolute atomic E-state index is 13.7. The zero-order valence-electron chi connectivity index (χ0n) is 22.1. The fourth-order valence-electron chi connectivity index (χ4n) is 4.88. The number of hydrazine groups is 1. The minimum Gasteiger partial charge on any atom is -0.423 e. The number of imide groups is 1. The highest BCUT2D eigenvalue weighted by Gasteiger charge is 2.51. The molecular formula is C30H21Cl2N3O8. The Morgan fingerprint density at radius 2 is 1.47 bits per heavy atom. The fraction of sp³-hybridized carbons (Fsp3) is 0.167. The molecule has 13 heteroatoms. The van der Waals surface area contributed by atoms with Crippen molar-refractivity contribution in [3.05, 3.63) is 116 Å². The zero-order chi connectivity index (χ0) is 30.8. The molecule has 2 aliphatic rings. The van der Waals surface area contributed by atoms with Gasteiger partial charge in [0.05, 0.1) is 32.9 Å². The van der Waals surface area contributed by atoms with Crippen LogP contribution in [0.15, 0.2) is 78.9 Å². The number of non-ortho nitro benzene ring substituents is 1. The Labute approximate surface area is 254 Å². The molecule has 1 aliphatic heterocycles. The SMILES string of the molecule is O=C(CN(C(=O)c1ccc(Cl)cc1Cl)N1C(=O)[C@H]2CC=CC[C@H]2C1=O)c1ccc(OC(=O)c2ccc([N+](=O)[O-])cc2)cc1. The standard InChI is InChI=1S/C30H21Cl2N3O8/c31-19-9-14-24(25(32)15-19)27(37)33(34-28(38)22-3-1-2-4-23(22)29(34)39)16-26(36)17-7-12-21(13-8-17)43-30(40)18-5-10-20(11-6-18)35(41)42/h1-2,5-15,22-23H,3-4,16H2/t22-,23+. The van der Waals surface area contributed by atoms with Gasteiger partial charge in [-0.25, -0.2) is 9.80 Å². The zero-order valence-corrected chi connectivity index (χ0v) is 23.7. The van der Waals surface area contributed by atoms with E-state index in [1.54, 1.807) is 12.2 Å². The number of carbonyl (C=O) groups is 5. The molecular weight excluding hydrogens is 601 g/mol. The quantitative estimate of drug-likeness (QED) is 0.0625. The number of rotatable bonds is 8. The Morgan fingerprint density at radius 1 is 0.884 bits per heavy atom. The van der Waals surface area contributed by atoms with E-state index in [-0.39, 0.29) is 38.2 Å². The molecule has 2 atom stereocenters. The van der Waals surface area contributed by atoms with Gasteiger partial charge in [0.15, 0.2) is 5.78 Å². The maximum Gasteiger partial charge on any atom is 0.343 e. The van der Waals surface area contributed by atoms with Crippen LogP contribution in [-0.2, 0) is 9.59 Å². The van der Waals surface area contributed by atoms with Crippen LogP contribution < -0.4 is 4.74 Å². The molecule has 11 nitrogen and oxygen atoms in total. The van der Waals surface area contributed by atoms with Crippen molar-refractivity contribution in [3.8, 4) is 5.75 Å². The van der Waals surface area contributed by atoms with Crippen LogP contribution in [0.1, 0.15) is 43.9 Å². The predicted molar refractivity (Wildman–Crippen MR) is 154 cm³/mol. The third kappa shape index (κ3) is 6.04. The van der Waals surface area contributed by atoms with Crippen LogP contribution in [0.25, 0.3) is 0 Å². The van der Waals surface area contributed by atoms with E-state index in [0.717, 1.165) is 10.0 Å². The van der Waals surface area contributed by atoms with E-state index in [1.165, 1.54) is 66.7 Å².